The van der Waals surface area contributed by atoms with Crippen molar-refractivity contribution >= 4 is 27.5 Å². The standard InChI is InChI=1S/C21H23F2N3O2S/c1-14(20-25-17-5-3-4-6-18(17)29-20)26(2)13-19(27)24-12-11-15-7-9-16(10-8-15)28-21(22)23/h3-10,14,21H,11-13H2,1-2H3,(H,24,27)/p+1/t14-/m0/s1. The number of halogens is 2. The Labute approximate surface area is 172 Å². The van der Waals surface area contributed by atoms with Crippen LogP contribution in [0.1, 0.15) is 23.5 Å². The van der Waals surface area contributed by atoms with Gasteiger partial charge in [0.15, 0.2) is 11.6 Å². The van der Waals surface area contributed by atoms with E-state index in [1.807, 2.05) is 25.2 Å². The second kappa shape index (κ2) is 9.76. The van der Waals surface area contributed by atoms with Gasteiger partial charge in [0.2, 0.25) is 0 Å². The molecule has 0 saturated heterocycles. The second-order valence-corrected chi connectivity index (χ2v) is 7.95. The maximum absolute atomic E-state index is 12.3. The monoisotopic (exact) mass is 420 g/mol. The summed E-state index contributed by atoms with van der Waals surface area (Å²) >= 11 is 1.66. The SMILES string of the molecule is C[C@@H](c1nc2ccccc2s1)[NH+](C)CC(=O)NCCc1ccc(OC(F)F)cc1. The largest absolute Gasteiger partial charge is 0.435 e. The fourth-order valence-electron chi connectivity index (χ4n) is 2.94. The van der Waals surface area contributed by atoms with Gasteiger partial charge in [-0.2, -0.15) is 8.78 Å². The summed E-state index contributed by atoms with van der Waals surface area (Å²) < 4.78 is 29.8. The first kappa shape index (κ1) is 21.1. The van der Waals surface area contributed by atoms with E-state index in [0.717, 1.165) is 25.7 Å². The number of rotatable bonds is 9. The molecule has 8 heteroatoms. The summed E-state index contributed by atoms with van der Waals surface area (Å²) in [4.78, 5) is 18.0. The number of fused-ring (bicyclic) bond motifs is 1. The average Bonchev–Trinajstić information content (AvgIpc) is 3.12. The average molecular weight is 421 g/mol. The van der Waals surface area contributed by atoms with Gasteiger partial charge in [0.1, 0.15) is 11.8 Å². The van der Waals surface area contributed by atoms with Gasteiger partial charge in [-0.1, -0.05) is 24.3 Å². The van der Waals surface area contributed by atoms with Gasteiger partial charge in [0.05, 0.1) is 17.3 Å². The van der Waals surface area contributed by atoms with Crippen molar-refractivity contribution in [2.45, 2.75) is 26.0 Å². The van der Waals surface area contributed by atoms with E-state index in [4.69, 9.17) is 0 Å². The molecule has 1 heterocycles. The molecule has 2 N–H and O–H groups in total. The number of ether oxygens (including phenoxy) is 1. The van der Waals surface area contributed by atoms with Crippen LogP contribution in [0.5, 0.6) is 5.75 Å². The number of likely N-dealkylation sites (N-methyl/N-ethyl adjacent to an activating group) is 1. The van der Waals surface area contributed by atoms with Crippen LogP contribution in [0.25, 0.3) is 10.2 Å². The quantitative estimate of drug-likeness (QED) is 0.560. The molecule has 2 atom stereocenters. The second-order valence-electron chi connectivity index (χ2n) is 6.89. The summed E-state index contributed by atoms with van der Waals surface area (Å²) in [5.74, 6) is 0.0926. The first-order valence-electron chi connectivity index (χ1n) is 9.40. The number of hydrogen-bond donors (Lipinski definition) is 2. The molecule has 0 bridgehead atoms. The highest BCUT2D eigenvalue weighted by Crippen LogP contribution is 2.24. The van der Waals surface area contributed by atoms with Crippen LogP contribution >= 0.6 is 11.3 Å². The minimum Gasteiger partial charge on any atom is -0.435 e. The number of quaternary nitrogens is 1. The topological polar surface area (TPSA) is 55.7 Å². The van der Waals surface area contributed by atoms with Crippen LogP contribution in [0.2, 0.25) is 0 Å². The molecular weight excluding hydrogens is 396 g/mol. The molecule has 3 rings (SSSR count). The molecule has 5 nitrogen and oxygen atoms in total. The molecule has 0 fully saturated rings. The van der Waals surface area contributed by atoms with Crippen molar-refractivity contribution in [2.75, 3.05) is 20.1 Å². The molecular formula is C21H24F2N3O2S+. The predicted molar refractivity (Wildman–Crippen MR) is 110 cm³/mol. The molecule has 0 aliphatic heterocycles. The minimum atomic E-state index is -2.83. The maximum atomic E-state index is 12.3. The van der Waals surface area contributed by atoms with Gasteiger partial charge in [-0.05, 0) is 43.2 Å². The highest BCUT2D eigenvalue weighted by molar-refractivity contribution is 7.18. The number of carbonyl (C=O) groups is 1. The van der Waals surface area contributed by atoms with Crippen LogP contribution in [0.4, 0.5) is 8.78 Å². The Kier molecular flexibility index (Phi) is 7.11. The van der Waals surface area contributed by atoms with Crippen molar-refractivity contribution in [3.63, 3.8) is 0 Å². The molecule has 1 amide bonds. The Hall–Kier alpha value is -2.58. The van der Waals surface area contributed by atoms with E-state index >= 15 is 0 Å². The predicted octanol–water partition coefficient (Wildman–Crippen LogP) is 2.83. The molecule has 29 heavy (non-hydrogen) atoms. The highest BCUT2D eigenvalue weighted by atomic mass is 32.1. The molecule has 3 aromatic rings. The Bertz CT molecular complexity index is 914. The first-order chi connectivity index (χ1) is 13.9. The van der Waals surface area contributed by atoms with Crippen LogP contribution in [-0.2, 0) is 11.2 Å². The number of alkyl halides is 2. The van der Waals surface area contributed by atoms with E-state index in [-0.39, 0.29) is 17.7 Å². The summed E-state index contributed by atoms with van der Waals surface area (Å²) in [7, 11) is 1.98. The van der Waals surface area contributed by atoms with Crippen LogP contribution in [0.15, 0.2) is 48.5 Å². The van der Waals surface area contributed by atoms with E-state index < -0.39 is 6.61 Å². The summed E-state index contributed by atoms with van der Waals surface area (Å²) in [6.45, 7) is 0.0722. The lowest BCUT2D eigenvalue weighted by Crippen LogP contribution is -3.10. The fraction of sp³-hybridized carbons (Fsp3) is 0.333. The number of aromatic nitrogens is 1. The summed E-state index contributed by atoms with van der Waals surface area (Å²) in [6.07, 6.45) is 0.618. The van der Waals surface area contributed by atoms with Crippen LogP contribution in [0, 0.1) is 0 Å². The number of carbonyl (C=O) groups excluding carboxylic acids is 1. The number of thiazole rings is 1. The molecule has 154 valence electrons. The number of para-hydroxylation sites is 1. The molecule has 2 aromatic carbocycles. The van der Waals surface area contributed by atoms with Crippen molar-refractivity contribution in [1.82, 2.24) is 10.3 Å². The van der Waals surface area contributed by atoms with E-state index in [0.29, 0.717) is 19.5 Å². The van der Waals surface area contributed by atoms with Gasteiger partial charge in [-0.25, -0.2) is 4.98 Å². The van der Waals surface area contributed by atoms with Crippen LogP contribution in [0.3, 0.4) is 0 Å². The van der Waals surface area contributed by atoms with Gasteiger partial charge in [-0.3, -0.25) is 4.79 Å². The van der Waals surface area contributed by atoms with Crippen molar-refractivity contribution in [2.24, 2.45) is 0 Å². The number of hydrogen-bond acceptors (Lipinski definition) is 4. The minimum absolute atomic E-state index is 0.0342. The molecule has 0 spiro atoms. The van der Waals surface area contributed by atoms with Crippen molar-refractivity contribution in [3.05, 3.63) is 59.1 Å². The summed E-state index contributed by atoms with van der Waals surface area (Å²) in [5, 5.41) is 3.93. The lowest BCUT2D eigenvalue weighted by Gasteiger charge is -2.19. The van der Waals surface area contributed by atoms with Crippen molar-refractivity contribution in [3.8, 4) is 5.75 Å². The third-order valence-corrected chi connectivity index (χ3v) is 5.96. The van der Waals surface area contributed by atoms with Crippen LogP contribution < -0.4 is 15.0 Å². The zero-order valence-electron chi connectivity index (χ0n) is 16.3. The zero-order chi connectivity index (χ0) is 20.8. The lowest BCUT2D eigenvalue weighted by atomic mass is 10.1. The molecule has 1 aromatic heterocycles. The Morgan fingerprint density at radius 1 is 1.21 bits per heavy atom. The van der Waals surface area contributed by atoms with Crippen molar-refractivity contribution < 1.29 is 23.2 Å². The summed E-state index contributed by atoms with van der Waals surface area (Å²) in [6, 6.07) is 14.6. The normalized spacial score (nSPS) is 13.4. The zero-order valence-corrected chi connectivity index (χ0v) is 17.1. The van der Waals surface area contributed by atoms with E-state index in [1.54, 1.807) is 23.5 Å². The molecule has 0 radical (unpaired) electrons. The third kappa shape index (κ3) is 5.95. The number of nitrogens with one attached hydrogen (secondary N) is 2. The smallest absolute Gasteiger partial charge is 0.387 e. The third-order valence-electron chi connectivity index (χ3n) is 4.74. The number of benzene rings is 2. The number of nitrogens with zero attached hydrogens (tertiary/aromatic N) is 1. The lowest BCUT2D eigenvalue weighted by molar-refractivity contribution is -0.902. The van der Waals surface area contributed by atoms with E-state index in [1.165, 1.54) is 12.1 Å². The van der Waals surface area contributed by atoms with E-state index in [9.17, 15) is 13.6 Å². The van der Waals surface area contributed by atoms with Gasteiger partial charge < -0.3 is 15.0 Å². The van der Waals surface area contributed by atoms with Crippen LogP contribution in [-0.4, -0.2) is 37.6 Å². The highest BCUT2D eigenvalue weighted by Gasteiger charge is 2.21. The Morgan fingerprint density at radius 3 is 2.62 bits per heavy atom. The van der Waals surface area contributed by atoms with Gasteiger partial charge in [0.25, 0.3) is 5.91 Å². The van der Waals surface area contributed by atoms with E-state index in [2.05, 4.69) is 28.0 Å². The Morgan fingerprint density at radius 2 is 1.93 bits per heavy atom. The molecule has 0 saturated carbocycles. The van der Waals surface area contributed by atoms with Gasteiger partial charge in [-0.15, -0.1) is 11.3 Å². The number of amides is 1. The molecule has 1 unspecified atom stereocenters. The molecule has 0 aliphatic rings. The summed E-state index contributed by atoms with van der Waals surface area (Å²) in [5.41, 5.74) is 1.93. The van der Waals surface area contributed by atoms with Gasteiger partial charge in [0, 0.05) is 6.54 Å². The Balaban J connectivity index is 1.44. The fourth-order valence-corrected chi connectivity index (χ4v) is 4.05. The maximum Gasteiger partial charge on any atom is 0.387 e. The first-order valence-corrected chi connectivity index (χ1v) is 10.2. The van der Waals surface area contributed by atoms with Crippen molar-refractivity contribution in [1.29, 1.82) is 0 Å². The van der Waals surface area contributed by atoms with Gasteiger partial charge >= 0.3 is 6.61 Å². The molecule has 0 aliphatic carbocycles.